The summed E-state index contributed by atoms with van der Waals surface area (Å²) in [7, 11) is -4.95. The van der Waals surface area contributed by atoms with E-state index in [-0.39, 0.29) is 0 Å². The molecule has 1 aromatic rings. The minimum atomic E-state index is -4.95. The van der Waals surface area contributed by atoms with E-state index in [4.69, 9.17) is 4.55 Å². The molecule has 8 heteroatoms. The molecule has 0 bridgehead atoms. The number of rotatable bonds is 1. The van der Waals surface area contributed by atoms with Gasteiger partial charge in [0.2, 0.25) is 0 Å². The highest BCUT2D eigenvalue weighted by Crippen LogP contribution is 2.32. The number of aromatic nitrogens is 1. The van der Waals surface area contributed by atoms with Gasteiger partial charge in [-0.3, -0.25) is 4.55 Å². The lowest BCUT2D eigenvalue weighted by Crippen LogP contribution is -2.14. The normalized spacial score (nSPS) is 12.9. The van der Waals surface area contributed by atoms with Crippen LogP contribution in [-0.2, 0) is 16.3 Å². The van der Waals surface area contributed by atoms with E-state index in [1.54, 1.807) is 0 Å². The van der Waals surface area contributed by atoms with E-state index in [0.29, 0.717) is 6.07 Å². The summed E-state index contributed by atoms with van der Waals surface area (Å²) in [6.45, 7) is 0. The van der Waals surface area contributed by atoms with Crippen LogP contribution in [0.1, 0.15) is 5.56 Å². The molecule has 0 radical (unpaired) electrons. The monoisotopic (exact) mass is 227 g/mol. The number of alkyl halides is 3. The predicted octanol–water partition coefficient (Wildman–Crippen LogP) is 1.35. The van der Waals surface area contributed by atoms with Crippen molar-refractivity contribution in [3.8, 4) is 0 Å². The standard InChI is InChI=1S/C6H4F3NO3S/c7-6(8,9)4-2-1-3-10-5(4)14(11,12)13/h1-3H,(H,11,12,13). The molecule has 0 unspecified atom stereocenters. The zero-order valence-corrected chi connectivity index (χ0v) is 7.30. The summed E-state index contributed by atoms with van der Waals surface area (Å²) in [6, 6.07) is 1.45. The van der Waals surface area contributed by atoms with Gasteiger partial charge in [0.05, 0.1) is 5.56 Å². The smallest absolute Gasteiger partial charge is 0.281 e. The Balaban J connectivity index is 3.47. The van der Waals surface area contributed by atoms with Crippen molar-refractivity contribution in [1.82, 2.24) is 4.98 Å². The molecule has 78 valence electrons. The van der Waals surface area contributed by atoms with E-state index < -0.39 is 26.9 Å². The molecule has 0 aliphatic rings. The van der Waals surface area contributed by atoms with Crippen LogP contribution in [0.3, 0.4) is 0 Å². The van der Waals surface area contributed by atoms with Gasteiger partial charge in [-0.05, 0) is 12.1 Å². The summed E-state index contributed by atoms with van der Waals surface area (Å²) < 4.78 is 65.9. The summed E-state index contributed by atoms with van der Waals surface area (Å²) >= 11 is 0. The molecule has 0 aromatic carbocycles. The highest BCUT2D eigenvalue weighted by Gasteiger charge is 2.37. The first kappa shape index (κ1) is 10.9. The molecule has 0 saturated heterocycles. The van der Waals surface area contributed by atoms with Gasteiger partial charge < -0.3 is 0 Å². The molecule has 14 heavy (non-hydrogen) atoms. The average Bonchev–Trinajstić information content (AvgIpc) is 2.01. The lowest BCUT2D eigenvalue weighted by molar-refractivity contribution is -0.140. The fourth-order valence-electron chi connectivity index (χ4n) is 0.812. The first-order chi connectivity index (χ1) is 6.23. The van der Waals surface area contributed by atoms with E-state index >= 15 is 0 Å². The molecule has 0 saturated carbocycles. The molecule has 0 spiro atoms. The van der Waals surface area contributed by atoms with Crippen molar-refractivity contribution in [1.29, 1.82) is 0 Å². The fraction of sp³-hybridized carbons (Fsp3) is 0.167. The molecule has 0 aliphatic carbocycles. The lowest BCUT2D eigenvalue weighted by Gasteiger charge is -2.08. The number of hydrogen-bond donors (Lipinski definition) is 1. The highest BCUT2D eigenvalue weighted by atomic mass is 32.2. The highest BCUT2D eigenvalue weighted by molar-refractivity contribution is 7.85. The third-order valence-corrected chi connectivity index (χ3v) is 2.13. The fourth-order valence-corrected chi connectivity index (χ4v) is 1.47. The molecular formula is C6H4F3NO3S. The molecular weight excluding hydrogens is 223 g/mol. The minimum absolute atomic E-state index is 0.524. The van der Waals surface area contributed by atoms with Crippen LogP contribution in [-0.4, -0.2) is 18.0 Å². The molecule has 4 nitrogen and oxygen atoms in total. The first-order valence-corrected chi connectivity index (χ1v) is 4.66. The van der Waals surface area contributed by atoms with Crippen LogP contribution in [0.4, 0.5) is 13.2 Å². The van der Waals surface area contributed by atoms with E-state index in [1.165, 1.54) is 0 Å². The Morgan fingerprint density at radius 3 is 2.29 bits per heavy atom. The van der Waals surface area contributed by atoms with Gasteiger partial charge in [-0.25, -0.2) is 4.98 Å². The second-order valence-electron chi connectivity index (χ2n) is 2.33. The Morgan fingerprint density at radius 2 is 1.93 bits per heavy atom. The number of hydrogen-bond acceptors (Lipinski definition) is 3. The van der Waals surface area contributed by atoms with Crippen molar-refractivity contribution in [2.45, 2.75) is 11.2 Å². The Kier molecular flexibility index (Phi) is 2.50. The van der Waals surface area contributed by atoms with Crippen LogP contribution in [0, 0.1) is 0 Å². The first-order valence-electron chi connectivity index (χ1n) is 3.22. The Morgan fingerprint density at radius 1 is 1.36 bits per heavy atom. The zero-order chi connectivity index (χ0) is 11.0. The van der Waals surface area contributed by atoms with Crippen LogP contribution in [0.5, 0.6) is 0 Å². The molecule has 1 N–H and O–H groups in total. The van der Waals surface area contributed by atoms with Gasteiger partial charge in [0.25, 0.3) is 0 Å². The van der Waals surface area contributed by atoms with Crippen LogP contribution < -0.4 is 0 Å². The maximum Gasteiger partial charge on any atom is 0.419 e. The molecule has 1 aromatic heterocycles. The van der Waals surface area contributed by atoms with Crippen LogP contribution in [0.15, 0.2) is 23.4 Å². The van der Waals surface area contributed by atoms with Crippen LogP contribution in [0.2, 0.25) is 0 Å². The molecule has 0 aliphatic heterocycles. The van der Waals surface area contributed by atoms with E-state index in [2.05, 4.69) is 4.98 Å². The van der Waals surface area contributed by atoms with Crippen molar-refractivity contribution in [3.63, 3.8) is 0 Å². The quantitative estimate of drug-likeness (QED) is 0.735. The zero-order valence-electron chi connectivity index (χ0n) is 6.49. The second kappa shape index (κ2) is 3.21. The number of pyridine rings is 1. The largest absolute Gasteiger partial charge is 0.419 e. The number of nitrogens with zero attached hydrogens (tertiary/aromatic N) is 1. The SMILES string of the molecule is O=S(=O)(O)c1ncccc1C(F)(F)F. The van der Waals surface area contributed by atoms with Crippen molar-refractivity contribution in [3.05, 3.63) is 23.9 Å². The molecule has 0 fully saturated rings. The molecule has 1 rings (SSSR count). The molecule has 0 amide bonds. The lowest BCUT2D eigenvalue weighted by atomic mass is 10.3. The van der Waals surface area contributed by atoms with Gasteiger partial charge in [-0.15, -0.1) is 0 Å². The van der Waals surface area contributed by atoms with Crippen LogP contribution in [0.25, 0.3) is 0 Å². The summed E-state index contributed by atoms with van der Waals surface area (Å²) in [5.41, 5.74) is -1.48. The van der Waals surface area contributed by atoms with Crippen molar-refractivity contribution in [2.75, 3.05) is 0 Å². The molecule has 1 heterocycles. The second-order valence-corrected chi connectivity index (χ2v) is 3.67. The van der Waals surface area contributed by atoms with Crippen molar-refractivity contribution >= 4 is 10.1 Å². The van der Waals surface area contributed by atoms with Crippen molar-refractivity contribution < 1.29 is 26.1 Å². The third kappa shape index (κ3) is 2.20. The third-order valence-electron chi connectivity index (χ3n) is 1.32. The van der Waals surface area contributed by atoms with E-state index in [1.807, 2.05) is 0 Å². The summed E-state index contributed by atoms with van der Waals surface area (Å²) in [4.78, 5) is 2.96. The topological polar surface area (TPSA) is 67.3 Å². The van der Waals surface area contributed by atoms with Crippen LogP contribution >= 0.6 is 0 Å². The van der Waals surface area contributed by atoms with Gasteiger partial charge >= 0.3 is 16.3 Å². The predicted molar refractivity (Wildman–Crippen MR) is 39.1 cm³/mol. The maximum atomic E-state index is 12.2. The maximum absolute atomic E-state index is 12.2. The minimum Gasteiger partial charge on any atom is -0.281 e. The summed E-state index contributed by atoms with van der Waals surface area (Å²) in [6.07, 6.45) is -4.02. The molecule has 0 atom stereocenters. The van der Waals surface area contributed by atoms with Gasteiger partial charge in [0.1, 0.15) is 0 Å². The van der Waals surface area contributed by atoms with E-state index in [9.17, 15) is 21.6 Å². The summed E-state index contributed by atoms with van der Waals surface area (Å²) in [5, 5.41) is -1.38. The van der Waals surface area contributed by atoms with Gasteiger partial charge in [0.15, 0.2) is 5.03 Å². The Labute approximate surface area is 77.1 Å². The van der Waals surface area contributed by atoms with E-state index in [0.717, 1.165) is 12.3 Å². The average molecular weight is 227 g/mol. The van der Waals surface area contributed by atoms with Gasteiger partial charge in [-0.2, -0.15) is 21.6 Å². The Hall–Kier alpha value is -1.15. The summed E-state index contributed by atoms with van der Waals surface area (Å²) in [5.74, 6) is 0. The Bertz CT molecular complexity index is 440. The van der Waals surface area contributed by atoms with Gasteiger partial charge in [0, 0.05) is 6.20 Å². The number of halogens is 3. The van der Waals surface area contributed by atoms with Gasteiger partial charge in [-0.1, -0.05) is 0 Å². The van der Waals surface area contributed by atoms with Crippen molar-refractivity contribution in [2.24, 2.45) is 0 Å².